The number of carbonyl (C=O) groups excluding carboxylic acids is 1. The van der Waals surface area contributed by atoms with Gasteiger partial charge in [0.25, 0.3) is 5.91 Å². The molecule has 0 aliphatic heterocycles. The fraction of sp³-hybridized carbons (Fsp3) is 0.375. The van der Waals surface area contributed by atoms with Crippen molar-refractivity contribution in [3.63, 3.8) is 0 Å². The Bertz CT molecular complexity index is 353. The predicted molar refractivity (Wildman–Crippen MR) is 57.6 cm³/mol. The Balaban J connectivity index is 2.92. The highest BCUT2D eigenvalue weighted by Crippen LogP contribution is 2.11. The van der Waals surface area contributed by atoms with Gasteiger partial charge in [0.05, 0.1) is 5.56 Å². The third-order valence-electron chi connectivity index (χ3n) is 1.72. The maximum Gasteiger partial charge on any atom is 0.254 e. The van der Waals surface area contributed by atoms with Crippen LogP contribution in [0.15, 0.2) is 6.20 Å². The molecule has 1 aromatic heterocycles. The Kier molecular flexibility index (Phi) is 3.81. The van der Waals surface area contributed by atoms with E-state index in [1.165, 1.54) is 6.20 Å². The summed E-state index contributed by atoms with van der Waals surface area (Å²) in [7, 11) is 1.65. The summed E-state index contributed by atoms with van der Waals surface area (Å²) in [4.78, 5) is 19.0. The van der Waals surface area contributed by atoms with Gasteiger partial charge in [0, 0.05) is 26.3 Å². The smallest absolute Gasteiger partial charge is 0.254 e. The fourth-order valence-corrected chi connectivity index (χ4v) is 1.02. The topological polar surface area (TPSA) is 119 Å². The van der Waals surface area contributed by atoms with Crippen LogP contribution >= 0.6 is 0 Å². The Morgan fingerprint density at radius 2 is 2.33 bits per heavy atom. The van der Waals surface area contributed by atoms with E-state index < -0.39 is 5.91 Å². The summed E-state index contributed by atoms with van der Waals surface area (Å²) in [5.74, 6) is 0.247. The number of rotatable bonds is 5. The summed E-state index contributed by atoms with van der Waals surface area (Å²) in [6.45, 7) is 1.05. The summed E-state index contributed by atoms with van der Waals surface area (Å²) in [5.41, 5.74) is 10.7. The average Bonchev–Trinajstić information content (AvgIpc) is 2.25. The molecule has 0 bridgehead atoms. The molecule has 1 aromatic rings. The normalized spacial score (nSPS) is 9.73. The summed E-state index contributed by atoms with van der Waals surface area (Å²) in [6, 6.07) is 0. The maximum atomic E-state index is 11.0. The minimum Gasteiger partial charge on any atom is -0.372 e. The number of nitrogens with zero attached hydrogens (tertiary/aromatic N) is 2. The molecule has 0 radical (unpaired) electrons. The van der Waals surface area contributed by atoms with E-state index in [1.807, 2.05) is 0 Å². The molecule has 82 valence electrons. The van der Waals surface area contributed by atoms with Gasteiger partial charge in [0.2, 0.25) is 5.95 Å². The molecule has 0 aliphatic carbocycles. The van der Waals surface area contributed by atoms with Crippen LogP contribution in [0.3, 0.4) is 0 Å². The zero-order valence-corrected chi connectivity index (χ0v) is 8.45. The molecule has 1 rings (SSSR count). The first-order chi connectivity index (χ1) is 7.19. The van der Waals surface area contributed by atoms with Crippen LogP contribution in [-0.4, -0.2) is 36.0 Å². The average molecular weight is 210 g/mol. The van der Waals surface area contributed by atoms with E-state index >= 15 is 0 Å². The van der Waals surface area contributed by atoms with Crippen molar-refractivity contribution in [2.24, 2.45) is 11.5 Å². The molecule has 15 heavy (non-hydrogen) atoms. The van der Waals surface area contributed by atoms with Crippen molar-refractivity contribution in [1.82, 2.24) is 9.97 Å². The van der Waals surface area contributed by atoms with E-state index in [-0.39, 0.29) is 5.56 Å². The number of amides is 1. The summed E-state index contributed by atoms with van der Waals surface area (Å²) < 4.78 is 0. The Morgan fingerprint density at radius 1 is 1.60 bits per heavy atom. The van der Waals surface area contributed by atoms with Gasteiger partial charge in [-0.15, -0.1) is 0 Å². The van der Waals surface area contributed by atoms with Crippen molar-refractivity contribution >= 4 is 17.7 Å². The quantitative estimate of drug-likeness (QED) is 0.494. The summed E-state index contributed by atoms with van der Waals surface area (Å²) in [6.07, 6.45) is 1.38. The van der Waals surface area contributed by atoms with E-state index in [0.717, 1.165) is 0 Å². The monoisotopic (exact) mass is 210 g/mol. The molecule has 0 aromatic carbocycles. The van der Waals surface area contributed by atoms with E-state index in [2.05, 4.69) is 20.6 Å². The van der Waals surface area contributed by atoms with Crippen molar-refractivity contribution in [3.05, 3.63) is 11.8 Å². The molecule has 0 atom stereocenters. The fourth-order valence-electron chi connectivity index (χ4n) is 1.02. The van der Waals surface area contributed by atoms with Crippen LogP contribution in [0.4, 0.5) is 11.8 Å². The Labute approximate surface area is 87.3 Å². The zero-order valence-electron chi connectivity index (χ0n) is 8.45. The molecule has 6 N–H and O–H groups in total. The second-order valence-electron chi connectivity index (χ2n) is 2.79. The standard InChI is InChI=1S/C8H14N6O/c1-11-7-5(6(10)15)4-13-8(14-7)12-3-2-9/h4H,2-3,9H2,1H3,(H2,10,15)(H2,11,12,13,14). The number of nitrogens with two attached hydrogens (primary N) is 2. The van der Waals surface area contributed by atoms with Crippen LogP contribution in [0, 0.1) is 0 Å². The molecule has 1 amide bonds. The van der Waals surface area contributed by atoms with Crippen molar-refractivity contribution < 1.29 is 4.79 Å². The summed E-state index contributed by atoms with van der Waals surface area (Å²) in [5, 5.41) is 5.67. The number of hydrogen-bond donors (Lipinski definition) is 4. The molecule has 1 heterocycles. The highest BCUT2D eigenvalue weighted by molar-refractivity contribution is 5.97. The lowest BCUT2D eigenvalue weighted by atomic mass is 10.3. The van der Waals surface area contributed by atoms with Crippen LogP contribution in [0.5, 0.6) is 0 Å². The second-order valence-corrected chi connectivity index (χ2v) is 2.79. The third kappa shape index (κ3) is 2.78. The second kappa shape index (κ2) is 5.11. The Morgan fingerprint density at radius 3 is 2.87 bits per heavy atom. The molecule has 7 nitrogen and oxygen atoms in total. The number of aromatic nitrogens is 2. The predicted octanol–water partition coefficient (Wildman–Crippen LogP) is -1.01. The van der Waals surface area contributed by atoms with Gasteiger partial charge < -0.3 is 22.1 Å². The van der Waals surface area contributed by atoms with E-state index in [0.29, 0.717) is 24.9 Å². The first-order valence-corrected chi connectivity index (χ1v) is 4.47. The van der Waals surface area contributed by atoms with Gasteiger partial charge in [-0.05, 0) is 0 Å². The third-order valence-corrected chi connectivity index (χ3v) is 1.72. The molecule has 0 aliphatic rings. The summed E-state index contributed by atoms with van der Waals surface area (Å²) >= 11 is 0. The van der Waals surface area contributed by atoms with E-state index in [1.54, 1.807) is 7.05 Å². The van der Waals surface area contributed by atoms with Gasteiger partial charge in [0.15, 0.2) is 0 Å². The van der Waals surface area contributed by atoms with Crippen LogP contribution in [0.2, 0.25) is 0 Å². The van der Waals surface area contributed by atoms with Crippen LogP contribution in [0.1, 0.15) is 10.4 Å². The molecule has 0 fully saturated rings. The molecule has 0 spiro atoms. The van der Waals surface area contributed by atoms with Gasteiger partial charge in [-0.3, -0.25) is 4.79 Å². The molecule has 0 saturated heterocycles. The lowest BCUT2D eigenvalue weighted by molar-refractivity contribution is 0.100. The SMILES string of the molecule is CNc1nc(NCCN)ncc1C(N)=O. The molecule has 7 heteroatoms. The first kappa shape index (κ1) is 11.2. The zero-order chi connectivity index (χ0) is 11.3. The van der Waals surface area contributed by atoms with E-state index in [9.17, 15) is 4.79 Å². The minimum absolute atomic E-state index is 0.260. The van der Waals surface area contributed by atoms with Gasteiger partial charge in [-0.2, -0.15) is 4.98 Å². The number of hydrogen-bond acceptors (Lipinski definition) is 6. The highest BCUT2D eigenvalue weighted by Gasteiger charge is 2.09. The van der Waals surface area contributed by atoms with Gasteiger partial charge in [-0.1, -0.05) is 0 Å². The lowest BCUT2D eigenvalue weighted by Crippen LogP contribution is -2.18. The largest absolute Gasteiger partial charge is 0.372 e. The van der Waals surface area contributed by atoms with Gasteiger partial charge >= 0.3 is 0 Å². The molecular weight excluding hydrogens is 196 g/mol. The van der Waals surface area contributed by atoms with Crippen LogP contribution < -0.4 is 22.1 Å². The number of primary amides is 1. The van der Waals surface area contributed by atoms with Crippen molar-refractivity contribution in [1.29, 1.82) is 0 Å². The van der Waals surface area contributed by atoms with Gasteiger partial charge in [0.1, 0.15) is 5.82 Å². The lowest BCUT2D eigenvalue weighted by Gasteiger charge is -2.07. The molecular formula is C8H14N6O. The highest BCUT2D eigenvalue weighted by atomic mass is 16.1. The minimum atomic E-state index is -0.565. The van der Waals surface area contributed by atoms with E-state index in [4.69, 9.17) is 11.5 Å². The number of carbonyl (C=O) groups is 1. The van der Waals surface area contributed by atoms with Crippen LogP contribution in [-0.2, 0) is 0 Å². The molecule has 0 saturated carbocycles. The van der Waals surface area contributed by atoms with Crippen LogP contribution in [0.25, 0.3) is 0 Å². The number of nitrogens with one attached hydrogen (secondary N) is 2. The maximum absolute atomic E-state index is 11.0. The van der Waals surface area contributed by atoms with Crippen molar-refractivity contribution in [2.75, 3.05) is 30.8 Å². The molecule has 0 unspecified atom stereocenters. The Hall–Kier alpha value is -1.89. The van der Waals surface area contributed by atoms with Gasteiger partial charge in [-0.25, -0.2) is 4.98 Å². The van der Waals surface area contributed by atoms with Crippen molar-refractivity contribution in [2.45, 2.75) is 0 Å². The first-order valence-electron chi connectivity index (χ1n) is 4.47. The number of anilines is 2. The van der Waals surface area contributed by atoms with Crippen molar-refractivity contribution in [3.8, 4) is 0 Å².